The zero-order chi connectivity index (χ0) is 13.1. The van der Waals surface area contributed by atoms with Crippen LogP contribution in [0.25, 0.3) is 11.1 Å². The van der Waals surface area contributed by atoms with Crippen molar-refractivity contribution in [3.8, 4) is 0 Å². The van der Waals surface area contributed by atoms with Gasteiger partial charge in [0, 0.05) is 5.92 Å². The molecule has 102 valence electrons. The van der Waals surface area contributed by atoms with E-state index in [9.17, 15) is 0 Å². The molecule has 0 atom stereocenters. The molecule has 0 aliphatic carbocycles. The Morgan fingerprint density at radius 3 is 2.79 bits per heavy atom. The number of benzene rings is 1. The second-order valence-corrected chi connectivity index (χ2v) is 5.28. The number of rotatable bonds is 4. The van der Waals surface area contributed by atoms with Gasteiger partial charge in [-0.05, 0) is 57.6 Å². The van der Waals surface area contributed by atoms with Crippen LogP contribution in [0.5, 0.6) is 0 Å². The van der Waals surface area contributed by atoms with Gasteiger partial charge in [0.1, 0.15) is 5.52 Å². The van der Waals surface area contributed by atoms with Crippen LogP contribution in [-0.2, 0) is 0 Å². The van der Waals surface area contributed by atoms with Crippen LogP contribution in [0.4, 0.5) is 0 Å². The number of hydrogen-bond acceptors (Lipinski definition) is 4. The molecule has 0 amide bonds. The van der Waals surface area contributed by atoms with Gasteiger partial charge in [0.2, 0.25) is 0 Å². The minimum absolute atomic E-state index is 0.474. The molecule has 1 aliphatic rings. The van der Waals surface area contributed by atoms with E-state index in [0.29, 0.717) is 5.92 Å². The van der Waals surface area contributed by atoms with Crippen LogP contribution in [0.15, 0.2) is 28.7 Å². The van der Waals surface area contributed by atoms with Crippen molar-refractivity contribution in [1.82, 2.24) is 9.88 Å². The predicted molar refractivity (Wildman–Crippen MR) is 76.1 cm³/mol. The normalized spacial score (nSPS) is 18.2. The van der Waals surface area contributed by atoms with Crippen molar-refractivity contribution < 1.29 is 4.42 Å². The fourth-order valence-electron chi connectivity index (χ4n) is 2.78. The number of likely N-dealkylation sites (tertiary alicyclic amines) is 1. The summed E-state index contributed by atoms with van der Waals surface area (Å²) in [4.78, 5) is 7.11. The number of oxazole rings is 1. The Hall–Kier alpha value is -1.39. The topological polar surface area (TPSA) is 55.3 Å². The minimum atomic E-state index is 0.474. The average Bonchev–Trinajstić information content (AvgIpc) is 2.89. The lowest BCUT2D eigenvalue weighted by atomic mass is 9.97. The highest BCUT2D eigenvalue weighted by atomic mass is 16.3. The van der Waals surface area contributed by atoms with Gasteiger partial charge in [0.05, 0.1) is 0 Å². The van der Waals surface area contributed by atoms with Crippen LogP contribution in [0.1, 0.15) is 31.1 Å². The molecule has 1 fully saturated rings. The van der Waals surface area contributed by atoms with E-state index in [1.165, 1.54) is 0 Å². The van der Waals surface area contributed by atoms with Crippen molar-refractivity contribution in [3.05, 3.63) is 30.2 Å². The highest BCUT2D eigenvalue weighted by Crippen LogP contribution is 2.29. The van der Waals surface area contributed by atoms with E-state index >= 15 is 0 Å². The molecule has 2 N–H and O–H groups in total. The maximum Gasteiger partial charge on any atom is 0.198 e. The molecule has 1 aliphatic heterocycles. The quantitative estimate of drug-likeness (QED) is 0.915. The molecule has 3 rings (SSSR count). The van der Waals surface area contributed by atoms with E-state index in [1.54, 1.807) is 0 Å². The molecule has 1 aromatic heterocycles. The van der Waals surface area contributed by atoms with E-state index in [1.807, 2.05) is 24.3 Å². The number of aromatic nitrogens is 1. The van der Waals surface area contributed by atoms with Crippen LogP contribution >= 0.6 is 0 Å². The molecule has 0 spiro atoms. The van der Waals surface area contributed by atoms with E-state index < -0.39 is 0 Å². The Kier molecular flexibility index (Phi) is 3.80. The third-order valence-electron chi connectivity index (χ3n) is 3.93. The molecule has 2 aromatic rings. The van der Waals surface area contributed by atoms with Gasteiger partial charge in [-0.3, -0.25) is 0 Å². The zero-order valence-corrected chi connectivity index (χ0v) is 11.2. The van der Waals surface area contributed by atoms with Crippen molar-refractivity contribution in [1.29, 1.82) is 0 Å². The highest BCUT2D eigenvalue weighted by molar-refractivity contribution is 5.72. The van der Waals surface area contributed by atoms with Gasteiger partial charge in [-0.15, -0.1) is 0 Å². The lowest BCUT2D eigenvalue weighted by Crippen LogP contribution is -2.34. The van der Waals surface area contributed by atoms with E-state index in [4.69, 9.17) is 10.2 Å². The molecule has 1 aromatic carbocycles. The Labute approximate surface area is 113 Å². The van der Waals surface area contributed by atoms with Gasteiger partial charge in [-0.25, -0.2) is 4.98 Å². The summed E-state index contributed by atoms with van der Waals surface area (Å²) in [5, 5.41) is 0. The number of para-hydroxylation sites is 2. The maximum absolute atomic E-state index is 5.87. The van der Waals surface area contributed by atoms with Crippen molar-refractivity contribution in [3.63, 3.8) is 0 Å². The van der Waals surface area contributed by atoms with Crippen molar-refractivity contribution in [2.75, 3.05) is 26.2 Å². The summed E-state index contributed by atoms with van der Waals surface area (Å²) in [5.74, 6) is 1.39. The zero-order valence-electron chi connectivity index (χ0n) is 11.2. The Balaban J connectivity index is 1.64. The monoisotopic (exact) mass is 259 g/mol. The van der Waals surface area contributed by atoms with Gasteiger partial charge < -0.3 is 15.1 Å². The van der Waals surface area contributed by atoms with Crippen LogP contribution < -0.4 is 5.73 Å². The van der Waals surface area contributed by atoms with Crippen LogP contribution in [0.2, 0.25) is 0 Å². The molecule has 0 bridgehead atoms. The SMILES string of the molecule is NCCCN1CCC(c2nc3ccccc3o2)CC1. The first-order valence-electron chi connectivity index (χ1n) is 7.14. The third-order valence-corrected chi connectivity index (χ3v) is 3.93. The molecule has 0 radical (unpaired) electrons. The Morgan fingerprint density at radius 1 is 1.26 bits per heavy atom. The summed E-state index contributed by atoms with van der Waals surface area (Å²) in [6.07, 6.45) is 3.36. The fraction of sp³-hybridized carbons (Fsp3) is 0.533. The molecule has 4 heteroatoms. The number of fused-ring (bicyclic) bond motifs is 1. The molecular formula is C15H21N3O. The third kappa shape index (κ3) is 2.80. The molecule has 0 saturated carbocycles. The lowest BCUT2D eigenvalue weighted by molar-refractivity contribution is 0.200. The van der Waals surface area contributed by atoms with Crippen LogP contribution in [-0.4, -0.2) is 36.1 Å². The Morgan fingerprint density at radius 2 is 2.05 bits per heavy atom. The lowest BCUT2D eigenvalue weighted by Gasteiger charge is -2.30. The Bertz CT molecular complexity index is 496. The second-order valence-electron chi connectivity index (χ2n) is 5.28. The molecule has 0 unspecified atom stereocenters. The first kappa shape index (κ1) is 12.6. The molecule has 1 saturated heterocycles. The first-order valence-corrected chi connectivity index (χ1v) is 7.14. The van der Waals surface area contributed by atoms with Crippen molar-refractivity contribution >= 4 is 11.1 Å². The number of piperidine rings is 1. The van der Waals surface area contributed by atoms with Gasteiger partial charge in [-0.1, -0.05) is 12.1 Å². The van der Waals surface area contributed by atoms with Crippen molar-refractivity contribution in [2.24, 2.45) is 5.73 Å². The van der Waals surface area contributed by atoms with Gasteiger partial charge in [0.15, 0.2) is 11.5 Å². The highest BCUT2D eigenvalue weighted by Gasteiger charge is 2.24. The minimum Gasteiger partial charge on any atom is -0.440 e. The molecule has 2 heterocycles. The average molecular weight is 259 g/mol. The standard InChI is InChI=1S/C15H21N3O/c16-8-3-9-18-10-6-12(7-11-18)15-17-13-4-1-2-5-14(13)19-15/h1-2,4-5,12H,3,6-11,16H2. The molecule has 19 heavy (non-hydrogen) atoms. The van der Waals surface area contributed by atoms with Gasteiger partial charge in [-0.2, -0.15) is 0 Å². The first-order chi connectivity index (χ1) is 9.36. The molecule has 4 nitrogen and oxygen atoms in total. The predicted octanol–water partition coefficient (Wildman–Crippen LogP) is 2.36. The summed E-state index contributed by atoms with van der Waals surface area (Å²) in [7, 11) is 0. The summed E-state index contributed by atoms with van der Waals surface area (Å²) in [6, 6.07) is 8.00. The summed E-state index contributed by atoms with van der Waals surface area (Å²) < 4.78 is 5.87. The molecular weight excluding hydrogens is 238 g/mol. The fourth-order valence-corrected chi connectivity index (χ4v) is 2.78. The van der Waals surface area contributed by atoms with Crippen LogP contribution in [0, 0.1) is 0 Å². The van der Waals surface area contributed by atoms with E-state index in [-0.39, 0.29) is 0 Å². The summed E-state index contributed by atoms with van der Waals surface area (Å²) in [5.41, 5.74) is 7.44. The smallest absolute Gasteiger partial charge is 0.198 e. The maximum atomic E-state index is 5.87. The summed E-state index contributed by atoms with van der Waals surface area (Å²) >= 11 is 0. The largest absolute Gasteiger partial charge is 0.440 e. The van der Waals surface area contributed by atoms with Gasteiger partial charge >= 0.3 is 0 Å². The van der Waals surface area contributed by atoms with Crippen molar-refractivity contribution in [2.45, 2.75) is 25.2 Å². The van der Waals surface area contributed by atoms with E-state index in [2.05, 4.69) is 9.88 Å². The number of hydrogen-bond donors (Lipinski definition) is 1. The number of nitrogens with two attached hydrogens (primary N) is 1. The van der Waals surface area contributed by atoms with Gasteiger partial charge in [0.25, 0.3) is 0 Å². The summed E-state index contributed by atoms with van der Waals surface area (Å²) in [6.45, 7) is 4.16. The van der Waals surface area contributed by atoms with Crippen LogP contribution in [0.3, 0.4) is 0 Å². The second kappa shape index (κ2) is 5.72. The number of nitrogens with zero attached hydrogens (tertiary/aromatic N) is 2. The van der Waals surface area contributed by atoms with E-state index in [0.717, 1.165) is 62.4 Å².